The fourth-order valence-corrected chi connectivity index (χ4v) is 3.59. The number of carbonyl (C=O) groups excluding carboxylic acids is 2. The number of benzene rings is 1. The Morgan fingerprint density at radius 1 is 1.30 bits per heavy atom. The fraction of sp³-hybridized carbons (Fsp3) is 0.350. The van der Waals surface area contributed by atoms with E-state index in [9.17, 15) is 9.59 Å². The first kappa shape index (κ1) is 19.2. The molecule has 0 spiro atoms. The number of aryl methyl sites for hydroxylation is 3. The molecule has 1 unspecified atom stereocenters. The van der Waals surface area contributed by atoms with Crippen molar-refractivity contribution in [3.8, 4) is 5.75 Å². The Morgan fingerprint density at radius 3 is 2.70 bits per heavy atom. The van der Waals surface area contributed by atoms with Gasteiger partial charge in [0.25, 0.3) is 0 Å². The van der Waals surface area contributed by atoms with Crippen molar-refractivity contribution in [1.82, 2.24) is 4.98 Å². The van der Waals surface area contributed by atoms with Crippen LogP contribution in [0, 0.1) is 26.7 Å². The van der Waals surface area contributed by atoms with Crippen molar-refractivity contribution in [1.29, 1.82) is 0 Å². The van der Waals surface area contributed by atoms with E-state index in [4.69, 9.17) is 16.3 Å². The SMILES string of the molecule is COc1ccc(Cl)cc1N1CC(C(=O)Nc2c(C)cc(C)nc2C)CC1=O. The van der Waals surface area contributed by atoms with Gasteiger partial charge < -0.3 is 15.0 Å². The van der Waals surface area contributed by atoms with Crippen LogP contribution in [0.3, 0.4) is 0 Å². The first-order valence-corrected chi connectivity index (χ1v) is 9.07. The van der Waals surface area contributed by atoms with E-state index in [0.717, 1.165) is 17.0 Å². The minimum atomic E-state index is -0.457. The number of methoxy groups -OCH3 is 1. The van der Waals surface area contributed by atoms with Gasteiger partial charge in [0, 0.05) is 23.7 Å². The third kappa shape index (κ3) is 3.90. The predicted octanol–water partition coefficient (Wildman–Crippen LogP) is 3.66. The van der Waals surface area contributed by atoms with Crippen LogP contribution in [0.25, 0.3) is 0 Å². The number of nitrogens with one attached hydrogen (secondary N) is 1. The molecule has 0 radical (unpaired) electrons. The summed E-state index contributed by atoms with van der Waals surface area (Å²) in [4.78, 5) is 31.3. The molecule has 3 rings (SSSR count). The summed E-state index contributed by atoms with van der Waals surface area (Å²) in [5.74, 6) is -0.237. The van der Waals surface area contributed by atoms with E-state index in [1.807, 2.05) is 26.8 Å². The van der Waals surface area contributed by atoms with E-state index in [-0.39, 0.29) is 24.8 Å². The molecule has 0 saturated carbocycles. The summed E-state index contributed by atoms with van der Waals surface area (Å²) in [5.41, 5.74) is 3.90. The lowest BCUT2D eigenvalue weighted by molar-refractivity contribution is -0.122. The molecule has 1 saturated heterocycles. The molecule has 142 valence electrons. The van der Waals surface area contributed by atoms with Crippen LogP contribution in [-0.4, -0.2) is 30.5 Å². The lowest BCUT2D eigenvalue weighted by Gasteiger charge is -2.20. The van der Waals surface area contributed by atoms with Crippen LogP contribution in [0.5, 0.6) is 5.75 Å². The van der Waals surface area contributed by atoms with E-state index >= 15 is 0 Å². The summed E-state index contributed by atoms with van der Waals surface area (Å²) < 4.78 is 5.33. The van der Waals surface area contributed by atoms with Gasteiger partial charge in [0.2, 0.25) is 11.8 Å². The van der Waals surface area contributed by atoms with Crippen molar-refractivity contribution >= 4 is 34.8 Å². The van der Waals surface area contributed by atoms with Crippen LogP contribution in [0.2, 0.25) is 5.02 Å². The van der Waals surface area contributed by atoms with Crippen molar-refractivity contribution in [2.24, 2.45) is 5.92 Å². The van der Waals surface area contributed by atoms with Crippen molar-refractivity contribution in [3.05, 3.63) is 46.2 Å². The molecule has 1 aromatic heterocycles. The highest BCUT2D eigenvalue weighted by Gasteiger charge is 2.36. The first-order valence-electron chi connectivity index (χ1n) is 8.69. The monoisotopic (exact) mass is 387 g/mol. The number of hydrogen-bond acceptors (Lipinski definition) is 4. The number of rotatable bonds is 4. The minimum absolute atomic E-state index is 0.133. The summed E-state index contributed by atoms with van der Waals surface area (Å²) in [6, 6.07) is 7.01. The minimum Gasteiger partial charge on any atom is -0.495 e. The topological polar surface area (TPSA) is 71.5 Å². The number of hydrogen-bond donors (Lipinski definition) is 1. The molecule has 1 atom stereocenters. The maximum Gasteiger partial charge on any atom is 0.229 e. The molecule has 27 heavy (non-hydrogen) atoms. The predicted molar refractivity (Wildman–Crippen MR) is 106 cm³/mol. The number of carbonyl (C=O) groups is 2. The van der Waals surface area contributed by atoms with E-state index in [0.29, 0.717) is 22.1 Å². The Bertz CT molecular complexity index is 890. The van der Waals surface area contributed by atoms with Gasteiger partial charge in [-0.05, 0) is 50.6 Å². The van der Waals surface area contributed by atoms with E-state index < -0.39 is 5.92 Å². The Labute approximate surface area is 163 Å². The van der Waals surface area contributed by atoms with Gasteiger partial charge in [-0.2, -0.15) is 0 Å². The molecular weight excluding hydrogens is 366 g/mol. The highest BCUT2D eigenvalue weighted by molar-refractivity contribution is 6.31. The van der Waals surface area contributed by atoms with Gasteiger partial charge in [-0.1, -0.05) is 11.6 Å². The van der Waals surface area contributed by atoms with Crippen LogP contribution < -0.4 is 15.0 Å². The normalized spacial score (nSPS) is 16.6. The van der Waals surface area contributed by atoms with E-state index in [2.05, 4.69) is 10.3 Å². The van der Waals surface area contributed by atoms with Crippen molar-refractivity contribution in [2.45, 2.75) is 27.2 Å². The quantitative estimate of drug-likeness (QED) is 0.869. The lowest BCUT2D eigenvalue weighted by Crippen LogP contribution is -2.28. The van der Waals surface area contributed by atoms with Gasteiger partial charge in [0.05, 0.1) is 30.1 Å². The molecule has 2 heterocycles. The average Bonchev–Trinajstić information content (AvgIpc) is 2.99. The Kier molecular flexibility index (Phi) is 5.37. The highest BCUT2D eigenvalue weighted by Crippen LogP contribution is 2.35. The number of amides is 2. The van der Waals surface area contributed by atoms with Crippen molar-refractivity contribution < 1.29 is 14.3 Å². The molecule has 0 aliphatic carbocycles. The number of ether oxygens (including phenoxy) is 1. The zero-order valence-corrected chi connectivity index (χ0v) is 16.6. The largest absolute Gasteiger partial charge is 0.495 e. The van der Waals surface area contributed by atoms with Crippen LogP contribution in [-0.2, 0) is 9.59 Å². The smallest absolute Gasteiger partial charge is 0.229 e. The molecule has 2 aromatic rings. The zero-order chi connectivity index (χ0) is 19.7. The second kappa shape index (κ2) is 7.56. The van der Waals surface area contributed by atoms with Crippen LogP contribution >= 0.6 is 11.6 Å². The number of nitrogens with zero attached hydrogens (tertiary/aromatic N) is 2. The summed E-state index contributed by atoms with van der Waals surface area (Å²) >= 11 is 6.07. The Hall–Kier alpha value is -2.60. The fourth-order valence-electron chi connectivity index (χ4n) is 3.43. The second-order valence-electron chi connectivity index (χ2n) is 6.75. The molecule has 0 bridgehead atoms. The van der Waals surface area contributed by atoms with Crippen molar-refractivity contribution in [3.63, 3.8) is 0 Å². The van der Waals surface area contributed by atoms with Crippen LogP contribution in [0.15, 0.2) is 24.3 Å². The van der Waals surface area contributed by atoms with Gasteiger partial charge in [-0.15, -0.1) is 0 Å². The summed E-state index contributed by atoms with van der Waals surface area (Å²) in [6.45, 7) is 5.98. The van der Waals surface area contributed by atoms with Gasteiger partial charge in [0.1, 0.15) is 5.75 Å². The summed E-state index contributed by atoms with van der Waals surface area (Å²) in [5, 5.41) is 3.45. The standard InChI is InChI=1S/C20H22ClN3O3/c1-11-7-12(2)22-13(3)19(11)23-20(26)14-8-18(25)24(10-14)16-9-15(21)5-6-17(16)27-4/h5-7,9,14H,8,10H2,1-4H3,(H,23,26). The number of anilines is 2. The van der Waals surface area contributed by atoms with Gasteiger partial charge in [-0.3, -0.25) is 14.6 Å². The molecule has 6 nitrogen and oxygen atoms in total. The second-order valence-corrected chi connectivity index (χ2v) is 7.19. The molecule has 1 N–H and O–H groups in total. The molecule has 7 heteroatoms. The summed E-state index contributed by atoms with van der Waals surface area (Å²) in [6.07, 6.45) is 0.138. The molecule has 1 aliphatic rings. The third-order valence-corrected chi connectivity index (χ3v) is 4.94. The zero-order valence-electron chi connectivity index (χ0n) is 15.8. The van der Waals surface area contributed by atoms with Crippen molar-refractivity contribution in [2.75, 3.05) is 23.9 Å². The summed E-state index contributed by atoms with van der Waals surface area (Å²) in [7, 11) is 1.54. The maximum absolute atomic E-state index is 12.8. The molecule has 1 aliphatic heterocycles. The van der Waals surface area contributed by atoms with Crippen LogP contribution in [0.1, 0.15) is 23.4 Å². The number of halogens is 1. The van der Waals surface area contributed by atoms with Gasteiger partial charge in [-0.25, -0.2) is 0 Å². The molecule has 1 aromatic carbocycles. The molecular formula is C20H22ClN3O3. The lowest BCUT2D eigenvalue weighted by atomic mass is 10.1. The number of pyridine rings is 1. The Morgan fingerprint density at radius 2 is 2.04 bits per heavy atom. The number of aromatic nitrogens is 1. The van der Waals surface area contributed by atoms with E-state index in [1.165, 1.54) is 7.11 Å². The average molecular weight is 388 g/mol. The molecule has 1 fully saturated rings. The third-order valence-electron chi connectivity index (χ3n) is 4.70. The van der Waals surface area contributed by atoms with Gasteiger partial charge in [0.15, 0.2) is 0 Å². The maximum atomic E-state index is 12.8. The van der Waals surface area contributed by atoms with Crippen LogP contribution in [0.4, 0.5) is 11.4 Å². The first-order chi connectivity index (χ1) is 12.8. The van der Waals surface area contributed by atoms with E-state index in [1.54, 1.807) is 23.1 Å². The highest BCUT2D eigenvalue weighted by atomic mass is 35.5. The Balaban J connectivity index is 1.80. The molecule has 2 amide bonds. The van der Waals surface area contributed by atoms with Gasteiger partial charge >= 0.3 is 0 Å².